The Balaban J connectivity index is 2.71. The zero-order chi connectivity index (χ0) is 10.4. The Hall–Kier alpha value is -1.95. The van der Waals surface area contributed by atoms with Crippen LogP contribution < -0.4 is 10.5 Å². The Morgan fingerprint density at radius 2 is 2.36 bits per heavy atom. The second-order valence-electron chi connectivity index (χ2n) is 2.61. The van der Waals surface area contributed by atoms with E-state index >= 15 is 0 Å². The van der Waals surface area contributed by atoms with Gasteiger partial charge in [0, 0.05) is 5.56 Å². The summed E-state index contributed by atoms with van der Waals surface area (Å²) in [6, 6.07) is 6.71. The molecule has 0 atom stereocenters. The first-order chi connectivity index (χ1) is 6.74. The molecule has 0 saturated carbocycles. The molecule has 72 valence electrons. The van der Waals surface area contributed by atoms with Crippen molar-refractivity contribution in [3.8, 4) is 17.6 Å². The number of hydrogen-bond donors (Lipinski definition) is 1. The van der Waals surface area contributed by atoms with Gasteiger partial charge in [-0.05, 0) is 25.1 Å². The minimum Gasteiger partial charge on any atom is -0.481 e. The lowest BCUT2D eigenvalue weighted by molar-refractivity contribution is 0.1000. The number of carbonyl (C=O) groups is 1. The smallest absolute Gasteiger partial charge is 0.248 e. The first kappa shape index (κ1) is 10.1. The third kappa shape index (κ3) is 2.83. The van der Waals surface area contributed by atoms with E-state index in [1.54, 1.807) is 31.2 Å². The Bertz CT molecular complexity index is 388. The second kappa shape index (κ2) is 4.93. The van der Waals surface area contributed by atoms with Gasteiger partial charge in [0.05, 0.1) is 0 Å². The molecular weight excluding hydrogens is 178 g/mol. The average molecular weight is 189 g/mol. The fraction of sp³-hybridized carbons (Fsp3) is 0.182. The lowest BCUT2D eigenvalue weighted by Crippen LogP contribution is -2.10. The normalized spacial score (nSPS) is 8.64. The van der Waals surface area contributed by atoms with Crippen molar-refractivity contribution in [1.82, 2.24) is 0 Å². The molecule has 0 radical (unpaired) electrons. The van der Waals surface area contributed by atoms with Gasteiger partial charge in [-0.2, -0.15) is 0 Å². The van der Waals surface area contributed by atoms with E-state index in [0.29, 0.717) is 17.9 Å². The minimum atomic E-state index is -0.461. The lowest BCUT2D eigenvalue weighted by Gasteiger charge is -2.02. The van der Waals surface area contributed by atoms with Crippen LogP contribution in [-0.2, 0) is 0 Å². The molecule has 0 aliphatic heterocycles. The number of hydrogen-bond acceptors (Lipinski definition) is 2. The van der Waals surface area contributed by atoms with Crippen molar-refractivity contribution in [2.24, 2.45) is 5.73 Å². The van der Waals surface area contributed by atoms with Crippen molar-refractivity contribution in [2.75, 3.05) is 6.61 Å². The maximum Gasteiger partial charge on any atom is 0.248 e. The first-order valence-electron chi connectivity index (χ1n) is 4.16. The number of carbonyl (C=O) groups excluding carboxylic acids is 1. The highest BCUT2D eigenvalue weighted by atomic mass is 16.5. The molecule has 3 nitrogen and oxygen atoms in total. The maximum atomic E-state index is 10.8. The van der Waals surface area contributed by atoms with Gasteiger partial charge in [-0.3, -0.25) is 4.79 Å². The zero-order valence-corrected chi connectivity index (χ0v) is 7.91. The van der Waals surface area contributed by atoms with E-state index in [-0.39, 0.29) is 0 Å². The van der Waals surface area contributed by atoms with Crippen LogP contribution in [0.2, 0.25) is 0 Å². The third-order valence-electron chi connectivity index (χ3n) is 1.61. The molecule has 1 amide bonds. The maximum absolute atomic E-state index is 10.8. The van der Waals surface area contributed by atoms with E-state index in [9.17, 15) is 4.79 Å². The van der Waals surface area contributed by atoms with Crippen molar-refractivity contribution in [2.45, 2.75) is 6.92 Å². The van der Waals surface area contributed by atoms with Crippen molar-refractivity contribution in [3.63, 3.8) is 0 Å². The first-order valence-corrected chi connectivity index (χ1v) is 4.16. The predicted octanol–water partition coefficient (Wildman–Crippen LogP) is 1.19. The van der Waals surface area contributed by atoms with Crippen molar-refractivity contribution in [3.05, 3.63) is 29.8 Å². The molecule has 0 aliphatic carbocycles. The van der Waals surface area contributed by atoms with Crippen LogP contribution in [0.25, 0.3) is 0 Å². The van der Waals surface area contributed by atoms with Crippen molar-refractivity contribution < 1.29 is 9.53 Å². The molecule has 14 heavy (non-hydrogen) atoms. The van der Waals surface area contributed by atoms with Gasteiger partial charge in [0.15, 0.2) is 0 Å². The third-order valence-corrected chi connectivity index (χ3v) is 1.61. The fourth-order valence-corrected chi connectivity index (χ4v) is 0.931. The van der Waals surface area contributed by atoms with E-state index in [0.717, 1.165) is 0 Å². The van der Waals surface area contributed by atoms with Gasteiger partial charge in [0.25, 0.3) is 0 Å². The van der Waals surface area contributed by atoms with Crippen LogP contribution in [0.4, 0.5) is 0 Å². The van der Waals surface area contributed by atoms with Gasteiger partial charge in [-0.15, -0.1) is 5.92 Å². The van der Waals surface area contributed by atoms with Crippen LogP contribution in [0.1, 0.15) is 17.3 Å². The second-order valence-corrected chi connectivity index (χ2v) is 2.61. The molecule has 3 heteroatoms. The number of rotatable bonds is 3. The lowest BCUT2D eigenvalue weighted by atomic mass is 10.2. The number of amides is 1. The number of nitrogens with two attached hydrogens (primary N) is 1. The van der Waals surface area contributed by atoms with Crippen molar-refractivity contribution in [1.29, 1.82) is 0 Å². The summed E-state index contributed by atoms with van der Waals surface area (Å²) in [6.45, 7) is 2.06. The van der Waals surface area contributed by atoms with Gasteiger partial charge in [0.1, 0.15) is 12.4 Å². The molecule has 2 N–H and O–H groups in total. The molecule has 0 bridgehead atoms. The minimum absolute atomic E-state index is 0.318. The molecule has 0 unspecified atom stereocenters. The molecule has 0 fully saturated rings. The Morgan fingerprint density at radius 1 is 1.57 bits per heavy atom. The molecule has 0 heterocycles. The van der Waals surface area contributed by atoms with Gasteiger partial charge >= 0.3 is 0 Å². The van der Waals surface area contributed by atoms with Gasteiger partial charge < -0.3 is 10.5 Å². The van der Waals surface area contributed by atoms with Gasteiger partial charge in [-0.1, -0.05) is 12.0 Å². The Kier molecular flexibility index (Phi) is 3.57. The van der Waals surface area contributed by atoms with E-state index < -0.39 is 5.91 Å². The van der Waals surface area contributed by atoms with Crippen LogP contribution in [-0.4, -0.2) is 12.5 Å². The molecule has 1 rings (SSSR count). The predicted molar refractivity (Wildman–Crippen MR) is 53.9 cm³/mol. The number of ether oxygens (including phenoxy) is 1. The summed E-state index contributed by atoms with van der Waals surface area (Å²) in [5.74, 6) is 5.61. The fourth-order valence-electron chi connectivity index (χ4n) is 0.931. The highest BCUT2D eigenvalue weighted by Crippen LogP contribution is 2.12. The van der Waals surface area contributed by atoms with Crippen molar-refractivity contribution >= 4 is 5.91 Å². The number of primary amides is 1. The molecule has 0 saturated heterocycles. The van der Waals surface area contributed by atoms with Gasteiger partial charge in [-0.25, -0.2) is 0 Å². The molecular formula is C11H11NO2. The van der Waals surface area contributed by atoms with Crippen LogP contribution in [0.3, 0.4) is 0 Å². The van der Waals surface area contributed by atoms with E-state index in [4.69, 9.17) is 10.5 Å². The molecule has 0 spiro atoms. The summed E-state index contributed by atoms with van der Waals surface area (Å²) in [4.78, 5) is 10.8. The van der Waals surface area contributed by atoms with Gasteiger partial charge in [0.2, 0.25) is 5.91 Å². The van der Waals surface area contributed by atoms with E-state index in [1.807, 2.05) is 0 Å². The van der Waals surface area contributed by atoms with Crippen LogP contribution in [0.15, 0.2) is 24.3 Å². The highest BCUT2D eigenvalue weighted by Gasteiger charge is 2.00. The molecule has 0 aromatic heterocycles. The molecule has 0 aliphatic rings. The average Bonchev–Trinajstić information content (AvgIpc) is 2.19. The summed E-state index contributed by atoms with van der Waals surface area (Å²) in [6.07, 6.45) is 0. The Morgan fingerprint density at radius 3 is 3.00 bits per heavy atom. The zero-order valence-electron chi connectivity index (χ0n) is 7.91. The molecule has 1 aromatic rings. The quantitative estimate of drug-likeness (QED) is 0.726. The number of benzene rings is 1. The summed E-state index contributed by atoms with van der Waals surface area (Å²) in [5.41, 5.74) is 5.55. The summed E-state index contributed by atoms with van der Waals surface area (Å²) < 4.78 is 5.26. The molecule has 1 aromatic carbocycles. The van der Waals surface area contributed by atoms with E-state index in [2.05, 4.69) is 11.8 Å². The monoisotopic (exact) mass is 189 g/mol. The Labute approximate surface area is 82.9 Å². The van der Waals surface area contributed by atoms with E-state index in [1.165, 1.54) is 0 Å². The SMILES string of the molecule is CC#CCOc1cccc(C(N)=O)c1. The van der Waals surface area contributed by atoms with Crippen LogP contribution in [0.5, 0.6) is 5.75 Å². The van der Waals surface area contributed by atoms with Crippen LogP contribution in [0, 0.1) is 11.8 Å². The standard InChI is InChI=1S/C11H11NO2/c1-2-3-7-14-10-6-4-5-9(8-10)11(12)13/h4-6,8H,7H2,1H3,(H2,12,13). The topological polar surface area (TPSA) is 52.3 Å². The highest BCUT2D eigenvalue weighted by molar-refractivity contribution is 5.93. The largest absolute Gasteiger partial charge is 0.481 e. The summed E-state index contributed by atoms with van der Waals surface area (Å²) >= 11 is 0. The van der Waals surface area contributed by atoms with Crippen LogP contribution >= 0.6 is 0 Å². The summed E-state index contributed by atoms with van der Waals surface area (Å²) in [7, 11) is 0. The summed E-state index contributed by atoms with van der Waals surface area (Å²) in [5, 5.41) is 0.